The van der Waals surface area contributed by atoms with Crippen LogP contribution in [0.5, 0.6) is 0 Å². The predicted octanol–water partition coefficient (Wildman–Crippen LogP) is 8.68. The number of nitrogens with zero attached hydrogens (tertiary/aromatic N) is 4. The first-order chi connectivity index (χ1) is 31.3. The van der Waals surface area contributed by atoms with Crippen molar-refractivity contribution in [2.45, 2.75) is 115 Å². The van der Waals surface area contributed by atoms with Crippen LogP contribution in [0, 0.1) is 17.8 Å². The molecule has 3 aliphatic heterocycles. The van der Waals surface area contributed by atoms with Crippen LogP contribution in [0.2, 0.25) is 0 Å². The number of alkyl carbamates (subject to hydrolysis) is 1. The molecular weight excluding hydrogens is 821 g/mol. The molecule has 13 heteroatoms. The SMILES string of the molecule is COC(=O)C[C@H](C(=O)N1CCC[C@H]1C1=NC=C(c2ccc(-c3ccc(-c4ccc5nc([C@@H]6CCCN6C(=O)[C@@H](NC(=O)OC)C(C)C)[nH]c(=O)c5c4)c4c3C3CCC4C3)cc2)C1)C(C)C. The standard InChI is InChI=1S/C52H60N6O7/c1-28(2)38(26-44(59)64-5)50(61)57-21-7-9-42(57)41-25-35(27-53-41)30-11-13-31(14-12-30)36-18-19-37(46-34-16-15-33(23-34)45(36)46)32-17-20-40-39(24-32)49(60)56-48(54-40)43-10-8-22-58(43)51(62)47(29(3)4)55-52(63)65-6/h11-14,17-20,24,27-29,33-34,38,42-43,47H,7-10,15-16,21-23,25-26H2,1-6H3,(H,55,63)(H,54,56,60)/t33?,34?,38-,42-,43-,47-/m0/s1. The third kappa shape index (κ3) is 8.27. The van der Waals surface area contributed by atoms with Crippen molar-refractivity contribution >= 4 is 46.1 Å². The number of hydrogen-bond donors (Lipinski definition) is 2. The Morgan fingerprint density at radius 2 is 1.40 bits per heavy atom. The van der Waals surface area contributed by atoms with Crippen molar-refractivity contribution in [1.29, 1.82) is 0 Å². The van der Waals surface area contributed by atoms with Gasteiger partial charge in [-0.05, 0) is 125 Å². The van der Waals surface area contributed by atoms with Crippen molar-refractivity contribution in [3.05, 3.63) is 93.7 Å². The van der Waals surface area contributed by atoms with Gasteiger partial charge in [0.1, 0.15) is 11.9 Å². The quantitative estimate of drug-likeness (QED) is 0.134. The Kier molecular flexibility index (Phi) is 12.2. The predicted molar refractivity (Wildman–Crippen MR) is 250 cm³/mol. The zero-order chi connectivity index (χ0) is 45.7. The molecule has 0 spiro atoms. The summed E-state index contributed by atoms with van der Waals surface area (Å²) in [4.78, 5) is 82.1. The molecule has 6 atom stereocenters. The number of H-pyrrole nitrogens is 1. The lowest BCUT2D eigenvalue weighted by Crippen LogP contribution is -2.51. The van der Waals surface area contributed by atoms with Crippen molar-refractivity contribution < 1.29 is 28.7 Å². The van der Waals surface area contributed by atoms with Crippen LogP contribution in [-0.4, -0.2) is 88.7 Å². The van der Waals surface area contributed by atoms with Gasteiger partial charge >= 0.3 is 12.1 Å². The number of fused-ring (bicyclic) bond motifs is 6. The van der Waals surface area contributed by atoms with Crippen LogP contribution >= 0.6 is 0 Å². The normalized spacial score (nSPS) is 22.0. The van der Waals surface area contributed by atoms with Crippen LogP contribution in [0.25, 0.3) is 38.7 Å². The second-order valence-corrected chi connectivity index (χ2v) is 19.3. The van der Waals surface area contributed by atoms with E-state index in [4.69, 9.17) is 19.5 Å². The molecule has 2 saturated heterocycles. The van der Waals surface area contributed by atoms with E-state index in [1.165, 1.54) is 42.9 Å². The molecule has 340 valence electrons. The van der Waals surface area contributed by atoms with E-state index in [2.05, 4.69) is 52.8 Å². The summed E-state index contributed by atoms with van der Waals surface area (Å²) in [5.41, 5.74) is 11.0. The van der Waals surface area contributed by atoms with E-state index < -0.39 is 24.1 Å². The van der Waals surface area contributed by atoms with Crippen molar-refractivity contribution in [3.8, 4) is 22.3 Å². The highest BCUT2D eigenvalue weighted by Crippen LogP contribution is 2.58. The maximum Gasteiger partial charge on any atom is 0.407 e. The van der Waals surface area contributed by atoms with Gasteiger partial charge in [-0.1, -0.05) is 70.2 Å². The van der Waals surface area contributed by atoms with Crippen LogP contribution in [-0.2, 0) is 23.9 Å². The maximum atomic E-state index is 13.9. The Morgan fingerprint density at radius 3 is 2.05 bits per heavy atom. The lowest BCUT2D eigenvalue weighted by molar-refractivity contribution is -0.148. The van der Waals surface area contributed by atoms with E-state index in [0.717, 1.165) is 60.1 Å². The number of likely N-dealkylation sites (tertiary alicyclic amines) is 2. The second-order valence-electron chi connectivity index (χ2n) is 19.3. The van der Waals surface area contributed by atoms with Gasteiger partial charge in [0.2, 0.25) is 11.8 Å². The molecule has 3 aromatic carbocycles. The number of aromatic nitrogens is 2. The molecule has 65 heavy (non-hydrogen) atoms. The number of allylic oxidation sites excluding steroid dienone is 1. The smallest absolute Gasteiger partial charge is 0.407 e. The topological polar surface area (TPSA) is 163 Å². The molecule has 2 aliphatic carbocycles. The van der Waals surface area contributed by atoms with Crippen LogP contribution in [0.4, 0.5) is 4.79 Å². The molecule has 4 heterocycles. The monoisotopic (exact) mass is 880 g/mol. The van der Waals surface area contributed by atoms with Crippen LogP contribution in [0.3, 0.4) is 0 Å². The Balaban J connectivity index is 0.931. The molecule has 3 fully saturated rings. The summed E-state index contributed by atoms with van der Waals surface area (Å²) in [5.74, 6) is 0.265. The average molecular weight is 881 g/mol. The Morgan fingerprint density at radius 1 is 0.769 bits per heavy atom. The number of carbonyl (C=O) groups is 4. The number of esters is 1. The lowest BCUT2D eigenvalue weighted by Gasteiger charge is -2.30. The fraction of sp³-hybridized carbons (Fsp3) is 0.481. The molecule has 13 nitrogen and oxygen atoms in total. The average Bonchev–Trinajstić information content (AvgIpc) is 4.18. The summed E-state index contributed by atoms with van der Waals surface area (Å²) in [7, 11) is 2.64. The van der Waals surface area contributed by atoms with Crippen LogP contribution < -0.4 is 10.9 Å². The highest BCUT2D eigenvalue weighted by molar-refractivity contribution is 6.03. The lowest BCUT2D eigenvalue weighted by atomic mass is 9.81. The largest absolute Gasteiger partial charge is 0.469 e. The molecule has 9 rings (SSSR count). The number of aliphatic imine (C=N–C) groups is 1. The number of hydrogen-bond acceptors (Lipinski definition) is 9. The van der Waals surface area contributed by atoms with E-state index in [0.29, 0.717) is 54.5 Å². The van der Waals surface area contributed by atoms with Gasteiger partial charge in [0, 0.05) is 31.4 Å². The zero-order valence-corrected chi connectivity index (χ0v) is 38.3. The molecule has 2 unspecified atom stereocenters. The van der Waals surface area contributed by atoms with Gasteiger partial charge in [-0.2, -0.15) is 0 Å². The third-order valence-electron chi connectivity index (χ3n) is 14.8. The number of rotatable bonds is 12. The van der Waals surface area contributed by atoms with Crippen molar-refractivity contribution in [1.82, 2.24) is 25.1 Å². The summed E-state index contributed by atoms with van der Waals surface area (Å²) in [5, 5.41) is 3.19. The van der Waals surface area contributed by atoms with Gasteiger partial charge in [-0.25, -0.2) is 9.78 Å². The molecule has 5 aliphatic rings. The highest BCUT2D eigenvalue weighted by atomic mass is 16.5. The zero-order valence-electron chi connectivity index (χ0n) is 38.3. The number of ether oxygens (including phenoxy) is 2. The van der Waals surface area contributed by atoms with Gasteiger partial charge in [0.25, 0.3) is 5.56 Å². The number of carbonyl (C=O) groups excluding carboxylic acids is 4. The molecule has 1 aromatic heterocycles. The minimum atomic E-state index is -0.765. The Labute approximate surface area is 380 Å². The summed E-state index contributed by atoms with van der Waals surface area (Å²) >= 11 is 0. The molecule has 2 N–H and O–H groups in total. The van der Waals surface area contributed by atoms with Crippen molar-refractivity contribution in [2.24, 2.45) is 22.7 Å². The molecule has 0 radical (unpaired) electrons. The minimum absolute atomic E-state index is 0.0107. The van der Waals surface area contributed by atoms with E-state index >= 15 is 0 Å². The maximum absolute atomic E-state index is 13.9. The number of amides is 3. The minimum Gasteiger partial charge on any atom is -0.469 e. The summed E-state index contributed by atoms with van der Waals surface area (Å²) in [6.45, 7) is 8.89. The Bertz CT molecular complexity index is 2670. The van der Waals surface area contributed by atoms with Gasteiger partial charge in [-0.3, -0.25) is 24.2 Å². The Hall–Kier alpha value is -6.11. The molecular formula is C52H60N6O7. The second kappa shape index (κ2) is 18.0. The molecule has 3 amide bonds. The third-order valence-corrected chi connectivity index (χ3v) is 14.8. The number of nitrogens with one attached hydrogen (secondary N) is 2. The van der Waals surface area contributed by atoms with Crippen LogP contribution in [0.15, 0.2) is 70.6 Å². The summed E-state index contributed by atoms with van der Waals surface area (Å²) < 4.78 is 9.70. The highest BCUT2D eigenvalue weighted by Gasteiger charge is 2.42. The number of aromatic amines is 1. The fourth-order valence-electron chi connectivity index (χ4n) is 11.4. The van der Waals surface area contributed by atoms with Gasteiger partial charge in [0.15, 0.2) is 0 Å². The molecule has 1 saturated carbocycles. The van der Waals surface area contributed by atoms with Gasteiger partial charge < -0.3 is 29.6 Å². The number of benzene rings is 3. The van der Waals surface area contributed by atoms with E-state index in [1.807, 2.05) is 50.9 Å². The van der Waals surface area contributed by atoms with Gasteiger partial charge in [0.05, 0.1) is 49.5 Å². The fourth-order valence-corrected chi connectivity index (χ4v) is 11.4. The van der Waals surface area contributed by atoms with Gasteiger partial charge in [-0.15, -0.1) is 0 Å². The van der Waals surface area contributed by atoms with E-state index in [-0.39, 0.29) is 47.6 Å². The summed E-state index contributed by atoms with van der Waals surface area (Å²) in [6, 6.07) is 18.0. The van der Waals surface area contributed by atoms with Crippen LogP contribution in [0.1, 0.15) is 126 Å². The first-order valence-corrected chi connectivity index (χ1v) is 23.4. The first kappa shape index (κ1) is 44.1. The molecule has 2 bridgehead atoms. The molecule has 4 aromatic rings. The van der Waals surface area contributed by atoms with E-state index in [9.17, 15) is 24.0 Å². The van der Waals surface area contributed by atoms with Crippen molar-refractivity contribution in [2.75, 3.05) is 27.3 Å². The first-order valence-electron chi connectivity index (χ1n) is 23.4. The van der Waals surface area contributed by atoms with E-state index in [1.54, 1.807) is 4.90 Å². The number of methoxy groups -OCH3 is 2. The van der Waals surface area contributed by atoms with Crippen molar-refractivity contribution in [3.63, 3.8) is 0 Å². The summed E-state index contributed by atoms with van der Waals surface area (Å²) in [6.07, 6.45) is 8.71.